The van der Waals surface area contributed by atoms with Crippen LogP contribution in [-0.2, 0) is 4.74 Å². The first-order valence-corrected chi connectivity index (χ1v) is 6.73. The van der Waals surface area contributed by atoms with Gasteiger partial charge >= 0.3 is 0 Å². The van der Waals surface area contributed by atoms with E-state index in [1.807, 2.05) is 24.3 Å². The number of hydrogen-bond acceptors (Lipinski definition) is 2. The largest absolute Gasteiger partial charge is 0.364 e. The Labute approximate surface area is 111 Å². The number of ketones is 1. The first kappa shape index (κ1) is 9.93. The summed E-state index contributed by atoms with van der Waals surface area (Å²) in [7, 11) is 0. The van der Waals surface area contributed by atoms with Crippen LogP contribution in [0.15, 0.2) is 48.5 Å². The highest BCUT2D eigenvalue weighted by Crippen LogP contribution is 2.64. The molecule has 2 aliphatic heterocycles. The van der Waals surface area contributed by atoms with Crippen LogP contribution < -0.4 is 0 Å². The van der Waals surface area contributed by atoms with E-state index in [0.717, 1.165) is 5.56 Å². The second-order valence-corrected chi connectivity index (χ2v) is 5.61. The van der Waals surface area contributed by atoms with E-state index in [0.29, 0.717) is 0 Å². The molecule has 1 aliphatic carbocycles. The lowest BCUT2D eigenvalue weighted by molar-refractivity contribution is 0.0526. The maximum atomic E-state index is 12.6. The molecule has 3 aliphatic rings. The summed E-state index contributed by atoms with van der Waals surface area (Å²) in [6.45, 7) is 0. The molecule has 0 radical (unpaired) electrons. The highest BCUT2D eigenvalue weighted by molar-refractivity contribution is 6.04. The zero-order chi connectivity index (χ0) is 12.6. The van der Waals surface area contributed by atoms with Crippen molar-refractivity contribution in [1.29, 1.82) is 0 Å². The molecule has 1 fully saturated rings. The minimum Gasteiger partial charge on any atom is -0.364 e. The van der Waals surface area contributed by atoms with Gasteiger partial charge in [0.15, 0.2) is 5.78 Å². The minimum atomic E-state index is -0.0360. The van der Waals surface area contributed by atoms with Gasteiger partial charge in [-0.2, -0.15) is 0 Å². The molecule has 0 N–H and O–H groups in total. The molecule has 5 rings (SSSR count). The summed E-state index contributed by atoms with van der Waals surface area (Å²) in [5.41, 5.74) is 4.58. The minimum absolute atomic E-state index is 0.00250. The van der Waals surface area contributed by atoms with E-state index in [9.17, 15) is 4.79 Å². The Balaban J connectivity index is 1.76. The van der Waals surface area contributed by atoms with Crippen LogP contribution >= 0.6 is 0 Å². The predicted octanol–water partition coefficient (Wildman–Crippen LogP) is 3.41. The molecule has 1 saturated heterocycles. The third-order valence-electron chi connectivity index (χ3n) is 4.83. The lowest BCUT2D eigenvalue weighted by Gasteiger charge is -2.22. The Morgan fingerprint density at radius 1 is 0.737 bits per heavy atom. The molecule has 2 heteroatoms. The molecule has 4 atom stereocenters. The lowest BCUT2D eigenvalue weighted by atomic mass is 9.76. The number of ether oxygens (including phenoxy) is 1. The topological polar surface area (TPSA) is 26.3 Å². The van der Waals surface area contributed by atoms with Crippen molar-refractivity contribution in [3.63, 3.8) is 0 Å². The van der Waals surface area contributed by atoms with E-state index in [1.54, 1.807) is 0 Å². The van der Waals surface area contributed by atoms with Gasteiger partial charge in [0.2, 0.25) is 0 Å². The van der Waals surface area contributed by atoms with Gasteiger partial charge in [-0.3, -0.25) is 4.79 Å². The van der Waals surface area contributed by atoms with Crippen LogP contribution in [0.3, 0.4) is 0 Å². The van der Waals surface area contributed by atoms with Crippen molar-refractivity contribution < 1.29 is 9.53 Å². The number of rotatable bonds is 0. The smallest absolute Gasteiger partial charge is 0.169 e. The summed E-state index contributed by atoms with van der Waals surface area (Å²) in [6, 6.07) is 16.4. The van der Waals surface area contributed by atoms with E-state index in [1.165, 1.54) is 16.7 Å². The van der Waals surface area contributed by atoms with Crippen molar-refractivity contribution >= 4 is 5.78 Å². The molecule has 19 heavy (non-hydrogen) atoms. The van der Waals surface area contributed by atoms with Gasteiger partial charge in [-0.25, -0.2) is 0 Å². The summed E-state index contributed by atoms with van der Waals surface area (Å²) in [4.78, 5) is 12.6. The summed E-state index contributed by atoms with van der Waals surface area (Å²) in [5.74, 6) is 0.489. The van der Waals surface area contributed by atoms with Gasteiger partial charge in [-0.05, 0) is 16.7 Å². The highest BCUT2D eigenvalue weighted by atomic mass is 16.5. The molecule has 0 amide bonds. The Bertz CT molecular complexity index is 719. The van der Waals surface area contributed by atoms with E-state index < -0.39 is 0 Å². The second-order valence-electron chi connectivity index (χ2n) is 5.61. The molecule has 2 nitrogen and oxygen atoms in total. The summed E-state index contributed by atoms with van der Waals surface area (Å²) in [6.07, 6.45) is 0.0323. The van der Waals surface area contributed by atoms with Crippen molar-refractivity contribution in [3.8, 4) is 0 Å². The van der Waals surface area contributed by atoms with E-state index in [-0.39, 0.29) is 29.8 Å². The number of benzene rings is 2. The van der Waals surface area contributed by atoms with Gasteiger partial charge in [0.05, 0.1) is 18.1 Å². The van der Waals surface area contributed by atoms with Gasteiger partial charge in [0.1, 0.15) is 0 Å². The zero-order valence-electron chi connectivity index (χ0n) is 10.2. The molecule has 2 aromatic rings. The van der Waals surface area contributed by atoms with Crippen LogP contribution in [0, 0.1) is 5.92 Å². The number of Topliss-reactive ketones (excluding diaryl/α,β-unsaturated/α-hetero) is 1. The van der Waals surface area contributed by atoms with Crippen LogP contribution in [0.25, 0.3) is 0 Å². The lowest BCUT2D eigenvalue weighted by Crippen LogP contribution is -2.20. The molecule has 0 saturated carbocycles. The molecular formula is C17H12O2. The Morgan fingerprint density at radius 3 is 2.05 bits per heavy atom. The average Bonchev–Trinajstić information content (AvgIpc) is 3.10. The molecule has 2 heterocycles. The van der Waals surface area contributed by atoms with Crippen LogP contribution in [-0.4, -0.2) is 5.78 Å². The first-order valence-electron chi connectivity index (χ1n) is 6.73. The van der Waals surface area contributed by atoms with E-state index >= 15 is 0 Å². The maximum Gasteiger partial charge on any atom is 0.169 e. The molecule has 92 valence electrons. The quantitative estimate of drug-likeness (QED) is 0.714. The molecule has 2 aromatic carbocycles. The SMILES string of the molecule is O=C1c2ccccc2C2C3OC(c4ccccc43)C12. The normalized spacial score (nSPS) is 33.2. The van der Waals surface area contributed by atoms with E-state index in [2.05, 4.69) is 24.3 Å². The van der Waals surface area contributed by atoms with Gasteiger partial charge in [0, 0.05) is 11.5 Å². The van der Waals surface area contributed by atoms with Crippen molar-refractivity contribution in [2.45, 2.75) is 18.1 Å². The van der Waals surface area contributed by atoms with Crippen molar-refractivity contribution in [3.05, 3.63) is 70.8 Å². The molecule has 4 unspecified atom stereocenters. The number of carbonyl (C=O) groups excluding carboxylic acids is 1. The van der Waals surface area contributed by atoms with Gasteiger partial charge in [-0.1, -0.05) is 48.5 Å². The van der Waals surface area contributed by atoms with E-state index in [4.69, 9.17) is 4.74 Å². The summed E-state index contributed by atoms with van der Waals surface area (Å²) in [5, 5.41) is 0. The van der Waals surface area contributed by atoms with Crippen molar-refractivity contribution in [1.82, 2.24) is 0 Å². The standard InChI is InChI=1S/C17H12O2/c18-15-10-6-2-1-5-9(10)13-14(15)17-12-8-4-3-7-11(12)16(13)19-17/h1-8,13-14,16-17H. The Kier molecular flexibility index (Phi) is 1.64. The Hall–Kier alpha value is -1.93. The van der Waals surface area contributed by atoms with Crippen LogP contribution in [0.5, 0.6) is 0 Å². The fourth-order valence-corrected chi connectivity index (χ4v) is 4.12. The third-order valence-corrected chi connectivity index (χ3v) is 4.83. The average molecular weight is 248 g/mol. The van der Waals surface area contributed by atoms with Crippen molar-refractivity contribution in [2.24, 2.45) is 5.92 Å². The predicted molar refractivity (Wildman–Crippen MR) is 70.0 cm³/mol. The van der Waals surface area contributed by atoms with Crippen LogP contribution in [0.4, 0.5) is 0 Å². The zero-order valence-corrected chi connectivity index (χ0v) is 10.2. The fraction of sp³-hybridized carbons (Fsp3) is 0.235. The molecule has 2 bridgehead atoms. The van der Waals surface area contributed by atoms with Crippen LogP contribution in [0.1, 0.15) is 45.2 Å². The Morgan fingerprint density at radius 2 is 1.32 bits per heavy atom. The van der Waals surface area contributed by atoms with Gasteiger partial charge < -0.3 is 4.74 Å². The third kappa shape index (κ3) is 1.01. The monoisotopic (exact) mass is 248 g/mol. The molecule has 0 spiro atoms. The van der Waals surface area contributed by atoms with Gasteiger partial charge in [0.25, 0.3) is 0 Å². The maximum absolute atomic E-state index is 12.6. The number of carbonyl (C=O) groups is 1. The summed E-state index contributed by atoms with van der Waals surface area (Å²) < 4.78 is 6.12. The summed E-state index contributed by atoms with van der Waals surface area (Å²) >= 11 is 0. The molecular weight excluding hydrogens is 236 g/mol. The highest BCUT2D eigenvalue weighted by Gasteiger charge is 2.59. The van der Waals surface area contributed by atoms with Crippen LogP contribution in [0.2, 0.25) is 0 Å². The second kappa shape index (κ2) is 3.14. The number of fused-ring (bicyclic) bond motifs is 10. The fourth-order valence-electron chi connectivity index (χ4n) is 4.12. The van der Waals surface area contributed by atoms with Crippen molar-refractivity contribution in [2.75, 3.05) is 0 Å². The van der Waals surface area contributed by atoms with Gasteiger partial charge in [-0.15, -0.1) is 0 Å². The first-order chi connectivity index (χ1) is 9.36. The molecule has 0 aromatic heterocycles. The number of hydrogen-bond donors (Lipinski definition) is 0.